The number of anilines is 1. The van der Waals surface area contributed by atoms with E-state index in [2.05, 4.69) is 21.2 Å². The Morgan fingerprint density at radius 2 is 2.05 bits per heavy atom. The van der Waals surface area contributed by atoms with Gasteiger partial charge in [0.05, 0.1) is 9.50 Å². The molecule has 0 spiro atoms. The molecule has 0 saturated carbocycles. The third kappa shape index (κ3) is 3.39. The summed E-state index contributed by atoms with van der Waals surface area (Å²) in [7, 11) is 0. The summed E-state index contributed by atoms with van der Waals surface area (Å²) >= 11 is 8.97. The molecule has 0 amide bonds. The summed E-state index contributed by atoms with van der Waals surface area (Å²) in [6.45, 7) is 2.40. The molecule has 0 aliphatic rings. The summed E-state index contributed by atoms with van der Waals surface area (Å²) in [6, 6.07) is 8.14. The Morgan fingerprint density at radius 1 is 1.32 bits per heavy atom. The fraction of sp³-hybridized carbons (Fsp3) is 0.143. The Labute approximate surface area is 124 Å². The molecule has 100 valence electrons. The van der Waals surface area contributed by atoms with Crippen LogP contribution in [0.25, 0.3) is 0 Å². The maximum absolute atomic E-state index is 13.5. The molecule has 2 aromatic carbocycles. The molecule has 2 N–H and O–H groups in total. The zero-order valence-corrected chi connectivity index (χ0v) is 12.5. The second-order valence-electron chi connectivity index (χ2n) is 4.22. The van der Waals surface area contributed by atoms with E-state index in [1.54, 1.807) is 18.2 Å². The van der Waals surface area contributed by atoms with Crippen molar-refractivity contribution in [2.75, 3.05) is 5.32 Å². The summed E-state index contributed by atoms with van der Waals surface area (Å²) in [4.78, 5) is 0. The SMILES string of the molecule is Cc1cc(Br)c(F)cc1NCc1ccc(O)c(Cl)c1. The fourth-order valence-electron chi connectivity index (χ4n) is 1.69. The van der Waals surface area contributed by atoms with E-state index in [1.807, 2.05) is 6.92 Å². The van der Waals surface area contributed by atoms with Gasteiger partial charge in [0.15, 0.2) is 0 Å². The van der Waals surface area contributed by atoms with E-state index in [0.717, 1.165) is 16.8 Å². The summed E-state index contributed by atoms with van der Waals surface area (Å²) < 4.78 is 13.9. The first kappa shape index (κ1) is 14.2. The van der Waals surface area contributed by atoms with Crippen LogP contribution in [-0.2, 0) is 6.54 Å². The van der Waals surface area contributed by atoms with Crippen LogP contribution >= 0.6 is 27.5 Å². The lowest BCUT2D eigenvalue weighted by Crippen LogP contribution is -2.01. The largest absolute Gasteiger partial charge is 0.506 e. The van der Waals surface area contributed by atoms with Crippen molar-refractivity contribution in [1.29, 1.82) is 0 Å². The molecule has 0 unspecified atom stereocenters. The number of rotatable bonds is 3. The van der Waals surface area contributed by atoms with Crippen LogP contribution in [0.2, 0.25) is 5.02 Å². The molecule has 0 fully saturated rings. The molecule has 0 atom stereocenters. The van der Waals surface area contributed by atoms with Crippen LogP contribution in [0.5, 0.6) is 5.75 Å². The minimum Gasteiger partial charge on any atom is -0.506 e. The first-order valence-corrected chi connectivity index (χ1v) is 6.81. The van der Waals surface area contributed by atoms with E-state index in [4.69, 9.17) is 11.6 Å². The molecule has 0 saturated heterocycles. The van der Waals surface area contributed by atoms with E-state index in [9.17, 15) is 9.50 Å². The standard InChI is InChI=1S/C14H12BrClFNO/c1-8-4-10(15)12(17)6-13(8)18-7-9-2-3-14(19)11(16)5-9/h2-6,18-19H,7H2,1H3. The Kier molecular flexibility index (Phi) is 4.32. The van der Waals surface area contributed by atoms with Gasteiger partial charge in [-0.2, -0.15) is 0 Å². The molecule has 0 aliphatic carbocycles. The van der Waals surface area contributed by atoms with Gasteiger partial charge in [0.1, 0.15) is 11.6 Å². The van der Waals surface area contributed by atoms with E-state index < -0.39 is 0 Å². The molecule has 2 nitrogen and oxygen atoms in total. The third-order valence-corrected chi connectivity index (χ3v) is 3.67. The topological polar surface area (TPSA) is 32.3 Å². The fourth-order valence-corrected chi connectivity index (χ4v) is 2.36. The first-order chi connectivity index (χ1) is 8.97. The van der Waals surface area contributed by atoms with Crippen LogP contribution < -0.4 is 5.32 Å². The lowest BCUT2D eigenvalue weighted by molar-refractivity contribution is 0.475. The second-order valence-corrected chi connectivity index (χ2v) is 5.48. The molecule has 19 heavy (non-hydrogen) atoms. The van der Waals surface area contributed by atoms with Gasteiger partial charge in [0, 0.05) is 12.2 Å². The predicted octanol–water partition coefficient (Wildman–Crippen LogP) is 4.87. The van der Waals surface area contributed by atoms with Crippen LogP contribution in [0.3, 0.4) is 0 Å². The molecule has 0 aliphatic heterocycles. The predicted molar refractivity (Wildman–Crippen MR) is 79.3 cm³/mol. The molecular weight excluding hydrogens is 333 g/mol. The highest BCUT2D eigenvalue weighted by molar-refractivity contribution is 9.10. The van der Waals surface area contributed by atoms with Crippen molar-refractivity contribution in [3.63, 3.8) is 0 Å². The first-order valence-electron chi connectivity index (χ1n) is 5.64. The van der Waals surface area contributed by atoms with Crippen molar-refractivity contribution < 1.29 is 9.50 Å². The van der Waals surface area contributed by atoms with Crippen molar-refractivity contribution in [3.8, 4) is 5.75 Å². The van der Waals surface area contributed by atoms with E-state index in [1.165, 1.54) is 12.1 Å². The quantitative estimate of drug-likeness (QED) is 0.833. The minimum absolute atomic E-state index is 0.0521. The van der Waals surface area contributed by atoms with Crippen LogP contribution in [-0.4, -0.2) is 5.11 Å². The van der Waals surface area contributed by atoms with Crippen LogP contribution in [0.1, 0.15) is 11.1 Å². The highest BCUT2D eigenvalue weighted by Crippen LogP contribution is 2.26. The maximum atomic E-state index is 13.5. The molecular formula is C14H12BrClFNO. The Hall–Kier alpha value is -1.26. The monoisotopic (exact) mass is 343 g/mol. The summed E-state index contributed by atoms with van der Waals surface area (Å²) in [6.07, 6.45) is 0. The van der Waals surface area contributed by atoms with Crippen LogP contribution in [0.15, 0.2) is 34.8 Å². The number of phenolic OH excluding ortho intramolecular Hbond substituents is 1. The van der Waals surface area contributed by atoms with Crippen molar-refractivity contribution in [1.82, 2.24) is 0 Å². The highest BCUT2D eigenvalue weighted by atomic mass is 79.9. The van der Waals surface area contributed by atoms with Gasteiger partial charge in [-0.15, -0.1) is 0 Å². The maximum Gasteiger partial charge on any atom is 0.139 e. The molecule has 2 aromatic rings. The number of halogens is 3. The highest BCUT2D eigenvalue weighted by Gasteiger charge is 2.06. The molecule has 0 heterocycles. The van der Waals surface area contributed by atoms with Gasteiger partial charge >= 0.3 is 0 Å². The number of nitrogens with one attached hydrogen (secondary N) is 1. The van der Waals surface area contributed by atoms with Gasteiger partial charge in [-0.05, 0) is 58.2 Å². The smallest absolute Gasteiger partial charge is 0.139 e. The van der Waals surface area contributed by atoms with Gasteiger partial charge in [-0.3, -0.25) is 0 Å². The number of hydrogen-bond donors (Lipinski definition) is 2. The second kappa shape index (κ2) is 5.80. The average molecular weight is 345 g/mol. The van der Waals surface area contributed by atoms with E-state index >= 15 is 0 Å². The van der Waals surface area contributed by atoms with Crippen molar-refractivity contribution in [3.05, 3.63) is 56.8 Å². The molecule has 0 aromatic heterocycles. The summed E-state index contributed by atoms with van der Waals surface area (Å²) in [5, 5.41) is 12.8. The van der Waals surface area contributed by atoms with Crippen LogP contribution in [0.4, 0.5) is 10.1 Å². The normalized spacial score (nSPS) is 10.5. The summed E-state index contributed by atoms with van der Waals surface area (Å²) in [5.74, 6) is -0.256. The molecule has 0 radical (unpaired) electrons. The van der Waals surface area contributed by atoms with E-state index in [-0.39, 0.29) is 11.6 Å². The van der Waals surface area contributed by atoms with Gasteiger partial charge in [0.25, 0.3) is 0 Å². The molecule has 2 rings (SSSR count). The summed E-state index contributed by atoms with van der Waals surface area (Å²) in [5.41, 5.74) is 2.58. The third-order valence-electron chi connectivity index (χ3n) is 2.76. The van der Waals surface area contributed by atoms with Crippen molar-refractivity contribution in [2.45, 2.75) is 13.5 Å². The number of aryl methyl sites for hydroxylation is 1. The molecule has 5 heteroatoms. The Morgan fingerprint density at radius 3 is 2.74 bits per heavy atom. The zero-order valence-electron chi connectivity index (χ0n) is 10.2. The lowest BCUT2D eigenvalue weighted by Gasteiger charge is -2.11. The van der Waals surface area contributed by atoms with Gasteiger partial charge in [-0.25, -0.2) is 4.39 Å². The number of aromatic hydroxyl groups is 1. The van der Waals surface area contributed by atoms with Gasteiger partial charge in [-0.1, -0.05) is 17.7 Å². The van der Waals surface area contributed by atoms with Gasteiger partial charge in [0.2, 0.25) is 0 Å². The van der Waals surface area contributed by atoms with Crippen LogP contribution in [0, 0.1) is 12.7 Å². The van der Waals surface area contributed by atoms with E-state index in [0.29, 0.717) is 16.0 Å². The Bertz CT molecular complexity index is 619. The molecule has 0 bridgehead atoms. The number of phenols is 1. The minimum atomic E-state index is -0.308. The van der Waals surface area contributed by atoms with Crippen molar-refractivity contribution in [2.24, 2.45) is 0 Å². The zero-order chi connectivity index (χ0) is 14.0. The average Bonchev–Trinajstić information content (AvgIpc) is 2.36. The number of benzene rings is 2. The number of hydrogen-bond acceptors (Lipinski definition) is 2. The lowest BCUT2D eigenvalue weighted by atomic mass is 10.1. The van der Waals surface area contributed by atoms with Gasteiger partial charge < -0.3 is 10.4 Å². The Balaban J connectivity index is 2.14. The van der Waals surface area contributed by atoms with Crippen molar-refractivity contribution >= 4 is 33.2 Å².